The van der Waals surface area contributed by atoms with E-state index in [2.05, 4.69) is 44.9 Å². The molecule has 1 aromatic carbocycles. The van der Waals surface area contributed by atoms with Gasteiger partial charge in [-0.3, -0.25) is 9.89 Å². The lowest BCUT2D eigenvalue weighted by Crippen LogP contribution is -2.37. The molecule has 3 aromatic rings. The van der Waals surface area contributed by atoms with Gasteiger partial charge in [-0.15, -0.1) is 11.3 Å². The highest BCUT2D eigenvalue weighted by molar-refractivity contribution is 7.13. The van der Waals surface area contributed by atoms with Crippen LogP contribution in [0.1, 0.15) is 27.9 Å². The SMILES string of the molecule is Cc1ccc(C(=O)N[C@H]2CCN(c3cc(-c4cccs4)[nH]n3)C2)cc1C. The summed E-state index contributed by atoms with van der Waals surface area (Å²) in [4.78, 5) is 15.9. The molecule has 5 nitrogen and oxygen atoms in total. The Balaban J connectivity index is 1.39. The van der Waals surface area contributed by atoms with Crippen LogP contribution in [0.2, 0.25) is 0 Å². The second-order valence-electron chi connectivity index (χ2n) is 6.82. The minimum Gasteiger partial charge on any atom is -0.353 e. The first-order valence-electron chi connectivity index (χ1n) is 8.82. The zero-order valence-electron chi connectivity index (χ0n) is 15.0. The third kappa shape index (κ3) is 3.37. The van der Waals surface area contributed by atoms with Crippen molar-refractivity contribution in [1.82, 2.24) is 15.5 Å². The highest BCUT2D eigenvalue weighted by Gasteiger charge is 2.26. The Labute approximate surface area is 157 Å². The Bertz CT molecular complexity index is 916. The molecule has 6 heteroatoms. The molecule has 1 saturated heterocycles. The number of amides is 1. The quantitative estimate of drug-likeness (QED) is 0.739. The molecule has 1 aliphatic rings. The number of hydrogen-bond acceptors (Lipinski definition) is 4. The monoisotopic (exact) mass is 366 g/mol. The molecule has 0 spiro atoms. The number of aromatic nitrogens is 2. The second-order valence-corrected chi connectivity index (χ2v) is 7.77. The number of rotatable bonds is 4. The molecule has 3 heterocycles. The van der Waals surface area contributed by atoms with Gasteiger partial charge in [-0.1, -0.05) is 12.1 Å². The maximum Gasteiger partial charge on any atom is 0.251 e. The Hall–Kier alpha value is -2.60. The third-order valence-corrected chi connectivity index (χ3v) is 5.87. The van der Waals surface area contributed by atoms with Gasteiger partial charge in [0.25, 0.3) is 5.91 Å². The molecule has 1 atom stereocenters. The summed E-state index contributed by atoms with van der Waals surface area (Å²) in [6, 6.07) is 12.2. The maximum atomic E-state index is 12.5. The second kappa shape index (κ2) is 6.96. The van der Waals surface area contributed by atoms with Gasteiger partial charge in [0.1, 0.15) is 0 Å². The number of nitrogens with zero attached hydrogens (tertiary/aromatic N) is 2. The number of benzene rings is 1. The predicted octanol–water partition coefficient (Wildman–Crippen LogP) is 3.76. The lowest BCUT2D eigenvalue weighted by atomic mass is 10.1. The number of carbonyl (C=O) groups is 1. The average molecular weight is 366 g/mol. The fourth-order valence-corrected chi connectivity index (χ4v) is 3.96. The largest absolute Gasteiger partial charge is 0.353 e. The standard InChI is InChI=1S/C20H22N4OS/c1-13-5-6-15(10-14(13)2)20(25)21-16-7-8-24(12-16)19-11-17(22-23-19)18-4-3-9-26-18/h3-6,9-11,16H,7-8,12H2,1-2H3,(H,21,25)(H,22,23)/t16-/m0/s1. The fraction of sp³-hybridized carbons (Fsp3) is 0.300. The zero-order valence-corrected chi connectivity index (χ0v) is 15.8. The summed E-state index contributed by atoms with van der Waals surface area (Å²) in [6.45, 7) is 5.77. The molecule has 26 heavy (non-hydrogen) atoms. The summed E-state index contributed by atoms with van der Waals surface area (Å²) in [5.74, 6) is 0.942. The van der Waals surface area contributed by atoms with Crippen molar-refractivity contribution < 1.29 is 4.79 Å². The molecule has 2 aromatic heterocycles. The van der Waals surface area contributed by atoms with E-state index in [-0.39, 0.29) is 11.9 Å². The fourth-order valence-electron chi connectivity index (χ4n) is 3.27. The lowest BCUT2D eigenvalue weighted by molar-refractivity contribution is 0.0940. The van der Waals surface area contributed by atoms with Crippen LogP contribution >= 0.6 is 11.3 Å². The summed E-state index contributed by atoms with van der Waals surface area (Å²) in [5.41, 5.74) is 4.11. The Morgan fingerprint density at radius 3 is 2.92 bits per heavy atom. The Morgan fingerprint density at radius 1 is 1.27 bits per heavy atom. The first-order valence-corrected chi connectivity index (χ1v) is 9.70. The van der Waals surface area contributed by atoms with Crippen LogP contribution in [-0.2, 0) is 0 Å². The molecule has 0 radical (unpaired) electrons. The zero-order chi connectivity index (χ0) is 18.1. The van der Waals surface area contributed by atoms with Gasteiger partial charge in [-0.25, -0.2) is 0 Å². The first kappa shape index (κ1) is 16.8. The Kier molecular flexibility index (Phi) is 4.51. The van der Waals surface area contributed by atoms with Crippen molar-refractivity contribution in [2.24, 2.45) is 0 Å². The minimum absolute atomic E-state index is 0.00116. The van der Waals surface area contributed by atoms with E-state index in [9.17, 15) is 4.79 Å². The topological polar surface area (TPSA) is 61.0 Å². The van der Waals surface area contributed by atoms with Crippen LogP contribution in [-0.4, -0.2) is 35.2 Å². The molecular weight excluding hydrogens is 344 g/mol. The predicted molar refractivity (Wildman–Crippen MR) is 106 cm³/mol. The lowest BCUT2D eigenvalue weighted by Gasteiger charge is -2.16. The smallest absolute Gasteiger partial charge is 0.251 e. The number of carbonyl (C=O) groups excluding carboxylic acids is 1. The maximum absolute atomic E-state index is 12.5. The van der Waals surface area contributed by atoms with Gasteiger partial charge >= 0.3 is 0 Å². The van der Waals surface area contributed by atoms with Crippen LogP contribution in [0.3, 0.4) is 0 Å². The summed E-state index contributed by atoms with van der Waals surface area (Å²) >= 11 is 1.69. The van der Waals surface area contributed by atoms with Crippen molar-refractivity contribution in [2.75, 3.05) is 18.0 Å². The normalized spacial score (nSPS) is 16.8. The number of aryl methyl sites for hydroxylation is 2. The van der Waals surface area contributed by atoms with Crippen molar-refractivity contribution in [2.45, 2.75) is 26.3 Å². The molecule has 4 rings (SSSR count). The van der Waals surface area contributed by atoms with E-state index in [1.807, 2.05) is 31.2 Å². The van der Waals surface area contributed by atoms with Gasteiger partial charge in [-0.2, -0.15) is 5.10 Å². The van der Waals surface area contributed by atoms with Gasteiger partial charge in [0.05, 0.1) is 10.6 Å². The number of nitrogens with one attached hydrogen (secondary N) is 2. The molecule has 2 N–H and O–H groups in total. The van der Waals surface area contributed by atoms with E-state index in [0.29, 0.717) is 0 Å². The van der Waals surface area contributed by atoms with Crippen molar-refractivity contribution in [3.8, 4) is 10.6 Å². The van der Waals surface area contributed by atoms with E-state index < -0.39 is 0 Å². The van der Waals surface area contributed by atoms with E-state index in [0.717, 1.165) is 42.1 Å². The number of hydrogen-bond donors (Lipinski definition) is 2. The average Bonchev–Trinajstić information content (AvgIpc) is 3.37. The number of H-pyrrole nitrogens is 1. The van der Waals surface area contributed by atoms with Crippen molar-refractivity contribution in [1.29, 1.82) is 0 Å². The third-order valence-electron chi connectivity index (χ3n) is 4.97. The molecule has 134 valence electrons. The number of thiophene rings is 1. The van der Waals surface area contributed by atoms with Crippen molar-refractivity contribution in [3.05, 3.63) is 58.5 Å². The van der Waals surface area contributed by atoms with Crippen LogP contribution in [0.25, 0.3) is 10.6 Å². The van der Waals surface area contributed by atoms with Crippen LogP contribution in [0.4, 0.5) is 5.82 Å². The number of anilines is 1. The van der Waals surface area contributed by atoms with Gasteiger partial charge in [-0.05, 0) is 55.0 Å². The van der Waals surface area contributed by atoms with E-state index in [4.69, 9.17) is 0 Å². The van der Waals surface area contributed by atoms with Gasteiger partial charge < -0.3 is 10.2 Å². The molecule has 1 aliphatic heterocycles. The van der Waals surface area contributed by atoms with Crippen LogP contribution < -0.4 is 10.2 Å². The summed E-state index contributed by atoms with van der Waals surface area (Å²) in [6.07, 6.45) is 0.928. The molecular formula is C20H22N4OS. The van der Waals surface area contributed by atoms with Gasteiger partial charge in [0.2, 0.25) is 0 Å². The van der Waals surface area contributed by atoms with Crippen LogP contribution in [0.5, 0.6) is 0 Å². The minimum atomic E-state index is 0.00116. The summed E-state index contributed by atoms with van der Waals surface area (Å²) in [5, 5.41) is 12.8. The van der Waals surface area contributed by atoms with Crippen LogP contribution in [0.15, 0.2) is 41.8 Å². The molecule has 0 aliphatic carbocycles. The van der Waals surface area contributed by atoms with E-state index in [1.165, 1.54) is 10.4 Å². The highest BCUT2D eigenvalue weighted by Crippen LogP contribution is 2.27. The number of aromatic amines is 1. The molecule has 0 saturated carbocycles. The first-order chi connectivity index (χ1) is 12.6. The summed E-state index contributed by atoms with van der Waals surface area (Å²) in [7, 11) is 0. The molecule has 0 unspecified atom stereocenters. The molecule has 0 bridgehead atoms. The van der Waals surface area contributed by atoms with Crippen LogP contribution in [0, 0.1) is 13.8 Å². The summed E-state index contributed by atoms with van der Waals surface area (Å²) < 4.78 is 0. The van der Waals surface area contributed by atoms with Gasteiger partial charge in [0.15, 0.2) is 5.82 Å². The Morgan fingerprint density at radius 2 is 2.15 bits per heavy atom. The molecule has 1 amide bonds. The van der Waals surface area contributed by atoms with E-state index in [1.54, 1.807) is 11.3 Å². The van der Waals surface area contributed by atoms with Crippen molar-refractivity contribution in [3.63, 3.8) is 0 Å². The molecule has 1 fully saturated rings. The van der Waals surface area contributed by atoms with Gasteiger partial charge in [0, 0.05) is 30.8 Å². The van der Waals surface area contributed by atoms with Crippen molar-refractivity contribution >= 4 is 23.1 Å². The van der Waals surface area contributed by atoms with E-state index >= 15 is 0 Å². The highest BCUT2D eigenvalue weighted by atomic mass is 32.1.